The zero-order valence-corrected chi connectivity index (χ0v) is 11.0. The molecule has 0 spiro atoms. The van der Waals surface area contributed by atoms with E-state index in [0.717, 1.165) is 12.8 Å². The Bertz CT molecular complexity index is 459. The van der Waals surface area contributed by atoms with Gasteiger partial charge in [0.25, 0.3) is 5.91 Å². The van der Waals surface area contributed by atoms with Crippen LogP contribution < -0.4 is 0 Å². The van der Waals surface area contributed by atoms with Gasteiger partial charge in [-0.25, -0.2) is 0 Å². The number of likely N-dealkylation sites (tertiary alicyclic amines) is 1. The zero-order valence-electron chi connectivity index (χ0n) is 11.0. The molecule has 0 saturated carbocycles. The normalized spacial score (nSPS) is 19.4. The Morgan fingerprint density at radius 2 is 2.26 bits per heavy atom. The van der Waals surface area contributed by atoms with Gasteiger partial charge in [0.2, 0.25) is 0 Å². The molecule has 1 aromatic carbocycles. The van der Waals surface area contributed by atoms with Gasteiger partial charge in [-0.2, -0.15) is 0 Å². The van der Waals surface area contributed by atoms with E-state index in [2.05, 4.69) is 0 Å². The van der Waals surface area contributed by atoms with E-state index >= 15 is 0 Å². The fourth-order valence-corrected chi connectivity index (χ4v) is 2.50. The largest absolute Gasteiger partial charge is 0.504 e. The van der Waals surface area contributed by atoms with E-state index in [-0.39, 0.29) is 23.0 Å². The summed E-state index contributed by atoms with van der Waals surface area (Å²) in [5.74, 6) is -0.519. The quantitative estimate of drug-likeness (QED) is 0.814. The predicted octanol–water partition coefficient (Wildman–Crippen LogP) is 1.60. The first-order chi connectivity index (χ1) is 9.13. The molecule has 1 fully saturated rings. The molecule has 2 N–H and O–H groups in total. The number of ether oxygens (including phenoxy) is 1. The second-order valence-corrected chi connectivity index (χ2v) is 4.89. The van der Waals surface area contributed by atoms with Crippen molar-refractivity contribution in [3.05, 3.63) is 23.8 Å². The molecule has 5 nitrogen and oxygen atoms in total. The molecule has 0 aliphatic carbocycles. The van der Waals surface area contributed by atoms with Gasteiger partial charge in [0.15, 0.2) is 11.5 Å². The maximum Gasteiger partial charge on any atom is 0.257 e. The van der Waals surface area contributed by atoms with Crippen LogP contribution in [0.3, 0.4) is 0 Å². The minimum absolute atomic E-state index is 0.151. The van der Waals surface area contributed by atoms with Gasteiger partial charge in [-0.05, 0) is 30.9 Å². The number of rotatable bonds is 3. The molecular formula is C14H19NO4. The van der Waals surface area contributed by atoms with Crippen LogP contribution in [0.4, 0.5) is 0 Å². The van der Waals surface area contributed by atoms with Gasteiger partial charge in [0.05, 0.1) is 12.2 Å². The van der Waals surface area contributed by atoms with Crippen molar-refractivity contribution in [1.29, 1.82) is 0 Å². The topological polar surface area (TPSA) is 70.0 Å². The number of phenols is 2. The highest BCUT2D eigenvalue weighted by atomic mass is 16.5. The van der Waals surface area contributed by atoms with E-state index in [0.29, 0.717) is 25.6 Å². The number of piperidine rings is 1. The number of methoxy groups -OCH3 is 1. The number of para-hydroxylation sites is 1. The lowest BCUT2D eigenvalue weighted by Gasteiger charge is -2.32. The summed E-state index contributed by atoms with van der Waals surface area (Å²) >= 11 is 0. The summed E-state index contributed by atoms with van der Waals surface area (Å²) in [6.45, 7) is 1.94. The predicted molar refractivity (Wildman–Crippen MR) is 70.3 cm³/mol. The van der Waals surface area contributed by atoms with Crippen LogP contribution in [-0.2, 0) is 4.74 Å². The average molecular weight is 265 g/mol. The summed E-state index contributed by atoms with van der Waals surface area (Å²) in [5, 5.41) is 19.2. The van der Waals surface area contributed by atoms with E-state index < -0.39 is 0 Å². The minimum atomic E-state index is -0.346. The minimum Gasteiger partial charge on any atom is -0.504 e. The summed E-state index contributed by atoms with van der Waals surface area (Å²) in [6, 6.07) is 4.44. The molecule has 19 heavy (non-hydrogen) atoms. The van der Waals surface area contributed by atoms with E-state index in [1.54, 1.807) is 18.1 Å². The number of nitrogens with zero attached hydrogens (tertiary/aromatic N) is 1. The fraction of sp³-hybridized carbons (Fsp3) is 0.500. The molecule has 1 heterocycles. The molecule has 1 aliphatic rings. The van der Waals surface area contributed by atoms with Crippen molar-refractivity contribution >= 4 is 5.91 Å². The zero-order chi connectivity index (χ0) is 13.8. The summed E-state index contributed by atoms with van der Waals surface area (Å²) in [5.41, 5.74) is 0.151. The lowest BCUT2D eigenvalue weighted by atomic mass is 9.98. The summed E-state index contributed by atoms with van der Waals surface area (Å²) in [4.78, 5) is 14.0. The first-order valence-electron chi connectivity index (χ1n) is 6.42. The summed E-state index contributed by atoms with van der Waals surface area (Å²) in [7, 11) is 1.65. The van der Waals surface area contributed by atoms with Crippen LogP contribution >= 0.6 is 0 Å². The van der Waals surface area contributed by atoms with E-state index in [4.69, 9.17) is 4.74 Å². The van der Waals surface area contributed by atoms with Crippen LogP contribution in [0.1, 0.15) is 23.2 Å². The number of benzene rings is 1. The standard InChI is InChI=1S/C14H19NO4/c1-19-9-10-4-3-7-15(8-10)14(18)11-5-2-6-12(16)13(11)17/h2,5-6,10,16-17H,3-4,7-9H2,1H3. The third-order valence-electron chi connectivity index (χ3n) is 3.45. The van der Waals surface area contributed by atoms with Gasteiger partial charge in [-0.1, -0.05) is 6.07 Å². The van der Waals surface area contributed by atoms with Crippen molar-refractivity contribution in [3.8, 4) is 11.5 Å². The van der Waals surface area contributed by atoms with E-state index in [1.807, 2.05) is 0 Å². The molecule has 2 rings (SSSR count). The molecule has 1 saturated heterocycles. The Balaban J connectivity index is 2.12. The smallest absolute Gasteiger partial charge is 0.257 e. The van der Waals surface area contributed by atoms with Gasteiger partial charge in [-0.3, -0.25) is 4.79 Å². The van der Waals surface area contributed by atoms with Crippen molar-refractivity contribution in [3.63, 3.8) is 0 Å². The van der Waals surface area contributed by atoms with Crippen molar-refractivity contribution < 1.29 is 19.7 Å². The molecule has 1 unspecified atom stereocenters. The maximum atomic E-state index is 12.3. The Morgan fingerprint density at radius 1 is 1.47 bits per heavy atom. The molecule has 1 amide bonds. The number of amides is 1. The number of aromatic hydroxyl groups is 2. The first-order valence-corrected chi connectivity index (χ1v) is 6.42. The summed E-state index contributed by atoms with van der Waals surface area (Å²) in [6.07, 6.45) is 1.98. The lowest BCUT2D eigenvalue weighted by molar-refractivity contribution is 0.0568. The first kappa shape index (κ1) is 13.7. The number of phenolic OH excluding ortho intramolecular Hbond substituents is 2. The van der Waals surface area contributed by atoms with Gasteiger partial charge in [0.1, 0.15) is 0 Å². The van der Waals surface area contributed by atoms with Crippen LogP contribution in [0.5, 0.6) is 11.5 Å². The van der Waals surface area contributed by atoms with Gasteiger partial charge < -0.3 is 19.8 Å². The Kier molecular flexibility index (Phi) is 4.27. The summed E-state index contributed by atoms with van der Waals surface area (Å²) < 4.78 is 5.13. The molecule has 0 aromatic heterocycles. The average Bonchev–Trinajstić information content (AvgIpc) is 2.42. The van der Waals surface area contributed by atoms with Gasteiger partial charge in [-0.15, -0.1) is 0 Å². The van der Waals surface area contributed by atoms with Crippen LogP contribution in [0.25, 0.3) is 0 Å². The third-order valence-corrected chi connectivity index (χ3v) is 3.45. The Morgan fingerprint density at radius 3 is 3.00 bits per heavy atom. The van der Waals surface area contributed by atoms with Crippen molar-refractivity contribution in [1.82, 2.24) is 4.90 Å². The van der Waals surface area contributed by atoms with Crippen molar-refractivity contribution in [2.75, 3.05) is 26.8 Å². The monoisotopic (exact) mass is 265 g/mol. The molecule has 1 aliphatic heterocycles. The Hall–Kier alpha value is -1.75. The molecule has 104 valence electrons. The van der Waals surface area contributed by atoms with Crippen molar-refractivity contribution in [2.45, 2.75) is 12.8 Å². The molecule has 0 bridgehead atoms. The van der Waals surface area contributed by atoms with Crippen LogP contribution in [-0.4, -0.2) is 47.8 Å². The molecule has 5 heteroatoms. The van der Waals surface area contributed by atoms with E-state index in [9.17, 15) is 15.0 Å². The molecular weight excluding hydrogens is 246 g/mol. The van der Waals surface area contributed by atoms with Gasteiger partial charge in [0, 0.05) is 20.2 Å². The molecule has 1 aromatic rings. The number of hydrogen-bond acceptors (Lipinski definition) is 4. The van der Waals surface area contributed by atoms with Crippen LogP contribution in [0.15, 0.2) is 18.2 Å². The van der Waals surface area contributed by atoms with Gasteiger partial charge >= 0.3 is 0 Å². The second kappa shape index (κ2) is 5.93. The maximum absolute atomic E-state index is 12.3. The van der Waals surface area contributed by atoms with Crippen molar-refractivity contribution in [2.24, 2.45) is 5.92 Å². The fourth-order valence-electron chi connectivity index (χ4n) is 2.50. The third kappa shape index (κ3) is 2.98. The molecule has 0 radical (unpaired) electrons. The number of hydrogen-bond donors (Lipinski definition) is 2. The highest BCUT2D eigenvalue weighted by molar-refractivity contribution is 5.97. The highest BCUT2D eigenvalue weighted by Crippen LogP contribution is 2.30. The van der Waals surface area contributed by atoms with Crippen LogP contribution in [0, 0.1) is 5.92 Å². The van der Waals surface area contributed by atoms with Crippen LogP contribution in [0.2, 0.25) is 0 Å². The highest BCUT2D eigenvalue weighted by Gasteiger charge is 2.26. The Labute approximate surface area is 112 Å². The lowest BCUT2D eigenvalue weighted by Crippen LogP contribution is -2.41. The SMILES string of the molecule is COCC1CCCN(C(=O)c2cccc(O)c2O)C1. The second-order valence-electron chi connectivity index (χ2n) is 4.89. The molecule has 1 atom stereocenters. The number of carbonyl (C=O) groups is 1. The number of carbonyl (C=O) groups excluding carboxylic acids is 1. The van der Waals surface area contributed by atoms with E-state index in [1.165, 1.54) is 12.1 Å².